The maximum Gasteiger partial charge on any atom is 0.421 e. The van der Waals surface area contributed by atoms with E-state index in [-0.39, 0.29) is 5.91 Å². The van der Waals surface area contributed by atoms with Crippen molar-refractivity contribution in [2.24, 2.45) is 0 Å². The molecule has 1 atom stereocenters. The Balaban J connectivity index is 1.94. The summed E-state index contributed by atoms with van der Waals surface area (Å²) in [5.41, 5.74) is 1.15. The number of halogens is 1. The number of nitrogens with one attached hydrogen (secondary N) is 1. The van der Waals surface area contributed by atoms with E-state index in [1.54, 1.807) is 43.3 Å². The van der Waals surface area contributed by atoms with Crippen LogP contribution in [0.15, 0.2) is 51.8 Å². The Kier molecular flexibility index (Phi) is 3.68. The number of pyridine rings is 1. The first-order valence-electron chi connectivity index (χ1n) is 6.59. The van der Waals surface area contributed by atoms with Crippen molar-refractivity contribution < 1.29 is 9.21 Å². The van der Waals surface area contributed by atoms with Crippen molar-refractivity contribution in [3.63, 3.8) is 0 Å². The van der Waals surface area contributed by atoms with Gasteiger partial charge in [-0.05, 0) is 31.2 Å². The van der Waals surface area contributed by atoms with Gasteiger partial charge in [0.05, 0.1) is 10.7 Å². The molecule has 0 aliphatic carbocycles. The predicted octanol–water partition coefficient (Wildman–Crippen LogP) is 2.84. The number of para-hydroxylation sites is 1. The number of nitrogens with zero attached hydrogens (tertiary/aromatic N) is 2. The normalized spacial score (nSPS) is 12.3. The van der Waals surface area contributed by atoms with E-state index in [9.17, 15) is 9.59 Å². The number of benzene rings is 1. The van der Waals surface area contributed by atoms with E-state index < -0.39 is 11.8 Å². The first kappa shape index (κ1) is 14.3. The highest BCUT2D eigenvalue weighted by Gasteiger charge is 2.22. The number of oxazole rings is 1. The number of amides is 1. The van der Waals surface area contributed by atoms with Crippen molar-refractivity contribution in [1.82, 2.24) is 9.55 Å². The smallest absolute Gasteiger partial charge is 0.406 e. The Morgan fingerprint density at radius 2 is 2.09 bits per heavy atom. The predicted molar refractivity (Wildman–Crippen MR) is 83.1 cm³/mol. The second-order valence-electron chi connectivity index (χ2n) is 4.71. The SMILES string of the molecule is CC(C(=O)Nc1ccccc1Cl)n1c(=O)oc2cccnc21. The van der Waals surface area contributed by atoms with Crippen molar-refractivity contribution in [3.05, 3.63) is 58.2 Å². The minimum Gasteiger partial charge on any atom is -0.406 e. The average molecular weight is 318 g/mol. The van der Waals surface area contributed by atoms with Gasteiger partial charge in [-0.3, -0.25) is 4.79 Å². The first-order valence-corrected chi connectivity index (χ1v) is 6.97. The number of rotatable bonds is 3. The second kappa shape index (κ2) is 5.65. The van der Waals surface area contributed by atoms with Crippen LogP contribution >= 0.6 is 11.6 Å². The number of carbonyl (C=O) groups excluding carboxylic acids is 1. The van der Waals surface area contributed by atoms with E-state index in [0.717, 1.165) is 0 Å². The zero-order chi connectivity index (χ0) is 15.7. The summed E-state index contributed by atoms with van der Waals surface area (Å²) in [5.74, 6) is -1.01. The summed E-state index contributed by atoms with van der Waals surface area (Å²) in [6.45, 7) is 1.59. The number of anilines is 1. The van der Waals surface area contributed by atoms with Gasteiger partial charge in [-0.15, -0.1) is 0 Å². The summed E-state index contributed by atoms with van der Waals surface area (Å²) in [6, 6.07) is 9.36. The molecule has 0 fully saturated rings. The Bertz CT molecular complexity index is 900. The fraction of sp³-hybridized carbons (Fsp3) is 0.133. The summed E-state index contributed by atoms with van der Waals surface area (Å²) >= 11 is 6.01. The van der Waals surface area contributed by atoms with Gasteiger partial charge in [-0.1, -0.05) is 23.7 Å². The molecule has 112 valence electrons. The molecule has 0 saturated carbocycles. The molecule has 6 nitrogen and oxygen atoms in total. The van der Waals surface area contributed by atoms with Gasteiger partial charge in [-0.25, -0.2) is 14.3 Å². The third kappa shape index (κ3) is 2.48. The highest BCUT2D eigenvalue weighted by molar-refractivity contribution is 6.33. The molecule has 1 amide bonds. The molecule has 0 aliphatic rings. The Morgan fingerprint density at radius 3 is 2.86 bits per heavy atom. The molecular weight excluding hydrogens is 306 g/mol. The van der Waals surface area contributed by atoms with Crippen LogP contribution in [0.1, 0.15) is 13.0 Å². The Hall–Kier alpha value is -2.60. The van der Waals surface area contributed by atoms with E-state index in [2.05, 4.69) is 10.3 Å². The standard InChI is InChI=1S/C15H12ClN3O3/c1-9(14(20)18-11-6-3-2-5-10(11)16)19-13-12(22-15(19)21)7-4-8-17-13/h2-9H,1H3,(H,18,20). The van der Waals surface area contributed by atoms with Gasteiger partial charge in [0.15, 0.2) is 11.2 Å². The van der Waals surface area contributed by atoms with Crippen LogP contribution in [0.25, 0.3) is 11.2 Å². The first-order chi connectivity index (χ1) is 10.6. The van der Waals surface area contributed by atoms with Crippen LogP contribution in [0, 0.1) is 0 Å². The highest BCUT2D eigenvalue weighted by atomic mass is 35.5. The number of carbonyl (C=O) groups is 1. The topological polar surface area (TPSA) is 77.1 Å². The number of hydrogen-bond donors (Lipinski definition) is 1. The lowest BCUT2D eigenvalue weighted by atomic mass is 10.2. The number of hydrogen-bond acceptors (Lipinski definition) is 4. The van der Waals surface area contributed by atoms with E-state index in [1.165, 1.54) is 10.8 Å². The molecule has 2 aromatic heterocycles. The van der Waals surface area contributed by atoms with Gasteiger partial charge in [0.25, 0.3) is 0 Å². The third-order valence-electron chi connectivity index (χ3n) is 3.27. The second-order valence-corrected chi connectivity index (χ2v) is 5.12. The maximum atomic E-state index is 12.4. The van der Waals surface area contributed by atoms with Crippen LogP contribution in [0.4, 0.5) is 5.69 Å². The Labute approximate surface area is 130 Å². The van der Waals surface area contributed by atoms with Crippen LogP contribution in [0.3, 0.4) is 0 Å². The van der Waals surface area contributed by atoms with Crippen LogP contribution < -0.4 is 11.1 Å². The summed E-state index contributed by atoms with van der Waals surface area (Å²) < 4.78 is 6.29. The molecule has 1 unspecified atom stereocenters. The summed E-state index contributed by atoms with van der Waals surface area (Å²) in [4.78, 5) is 28.4. The Morgan fingerprint density at radius 1 is 1.32 bits per heavy atom. The van der Waals surface area contributed by atoms with Crippen LogP contribution in [-0.2, 0) is 4.79 Å². The van der Waals surface area contributed by atoms with Crippen molar-refractivity contribution in [1.29, 1.82) is 0 Å². The monoisotopic (exact) mass is 317 g/mol. The molecule has 0 aliphatic heterocycles. The molecule has 0 spiro atoms. The minimum atomic E-state index is -0.792. The van der Waals surface area contributed by atoms with E-state index >= 15 is 0 Å². The zero-order valence-electron chi connectivity index (χ0n) is 11.6. The van der Waals surface area contributed by atoms with Crippen molar-refractivity contribution >= 4 is 34.4 Å². The minimum absolute atomic E-state index is 0.328. The van der Waals surface area contributed by atoms with Gasteiger partial charge < -0.3 is 9.73 Å². The van der Waals surface area contributed by atoms with Gasteiger partial charge in [0, 0.05) is 6.20 Å². The molecule has 7 heteroatoms. The van der Waals surface area contributed by atoms with Crippen molar-refractivity contribution in [3.8, 4) is 0 Å². The lowest BCUT2D eigenvalue weighted by molar-refractivity contribution is -0.118. The average Bonchev–Trinajstić information content (AvgIpc) is 2.84. The molecule has 0 saturated heterocycles. The van der Waals surface area contributed by atoms with Gasteiger partial charge >= 0.3 is 5.76 Å². The van der Waals surface area contributed by atoms with Crippen LogP contribution in [-0.4, -0.2) is 15.5 Å². The fourth-order valence-electron chi connectivity index (χ4n) is 2.13. The quantitative estimate of drug-likeness (QED) is 0.805. The van der Waals surface area contributed by atoms with Gasteiger partial charge in [-0.2, -0.15) is 0 Å². The number of aromatic nitrogens is 2. The highest BCUT2D eigenvalue weighted by Crippen LogP contribution is 2.22. The largest absolute Gasteiger partial charge is 0.421 e. The lowest BCUT2D eigenvalue weighted by Gasteiger charge is -2.13. The van der Waals surface area contributed by atoms with Crippen LogP contribution in [0.2, 0.25) is 5.02 Å². The summed E-state index contributed by atoms with van der Waals surface area (Å²) in [5, 5.41) is 3.11. The molecule has 2 heterocycles. The molecule has 1 N–H and O–H groups in total. The van der Waals surface area contributed by atoms with Crippen molar-refractivity contribution in [2.45, 2.75) is 13.0 Å². The van der Waals surface area contributed by atoms with E-state index in [1.807, 2.05) is 0 Å². The molecule has 3 rings (SSSR count). The summed E-state index contributed by atoms with van der Waals surface area (Å²) in [7, 11) is 0. The molecule has 1 aromatic carbocycles. The molecule has 3 aromatic rings. The molecular formula is C15H12ClN3O3. The maximum absolute atomic E-state index is 12.4. The molecule has 0 bridgehead atoms. The molecule has 22 heavy (non-hydrogen) atoms. The number of fused-ring (bicyclic) bond motifs is 1. The summed E-state index contributed by atoms with van der Waals surface area (Å²) in [6.07, 6.45) is 1.53. The van der Waals surface area contributed by atoms with Gasteiger partial charge in [0.2, 0.25) is 5.91 Å². The lowest BCUT2D eigenvalue weighted by Crippen LogP contribution is -2.29. The van der Waals surface area contributed by atoms with Crippen molar-refractivity contribution in [2.75, 3.05) is 5.32 Å². The zero-order valence-corrected chi connectivity index (χ0v) is 12.4. The third-order valence-corrected chi connectivity index (χ3v) is 3.60. The van der Waals surface area contributed by atoms with E-state index in [0.29, 0.717) is 21.9 Å². The van der Waals surface area contributed by atoms with E-state index in [4.69, 9.17) is 16.0 Å². The fourth-order valence-corrected chi connectivity index (χ4v) is 2.31. The molecule has 0 radical (unpaired) electrons. The van der Waals surface area contributed by atoms with Crippen LogP contribution in [0.5, 0.6) is 0 Å². The van der Waals surface area contributed by atoms with Gasteiger partial charge in [0.1, 0.15) is 6.04 Å².